The molecule has 0 bridgehead atoms. The summed E-state index contributed by atoms with van der Waals surface area (Å²) in [5, 5.41) is 1.76. The topological polar surface area (TPSA) is 46.1 Å². The Kier molecular flexibility index (Phi) is 5.28. The summed E-state index contributed by atoms with van der Waals surface area (Å²) in [5.74, 6) is 0.695. The Morgan fingerprint density at radius 3 is 2.60 bits per heavy atom. The lowest BCUT2D eigenvalue weighted by Crippen LogP contribution is -2.27. The van der Waals surface area contributed by atoms with Crippen LogP contribution < -0.4 is 0 Å². The van der Waals surface area contributed by atoms with Gasteiger partial charge in [-0.05, 0) is 30.7 Å². The van der Waals surface area contributed by atoms with Crippen LogP contribution in [0.3, 0.4) is 0 Å². The number of thioether (sulfide) groups is 1. The van der Waals surface area contributed by atoms with Crippen molar-refractivity contribution in [3.8, 4) is 0 Å². The predicted octanol–water partition coefficient (Wildman–Crippen LogP) is 3.83. The van der Waals surface area contributed by atoms with E-state index in [1.807, 2.05) is 31.2 Å². The van der Waals surface area contributed by atoms with Crippen molar-refractivity contribution in [2.45, 2.75) is 18.5 Å². The fourth-order valence-electron chi connectivity index (χ4n) is 2.46. The normalized spacial score (nSPS) is 10.8. The Hall–Kier alpha value is -2.47. The maximum atomic E-state index is 13.0. The molecule has 0 fully saturated rings. The Balaban J connectivity index is 1.67. The van der Waals surface area contributed by atoms with Crippen LogP contribution >= 0.6 is 11.8 Å². The van der Waals surface area contributed by atoms with Gasteiger partial charge in [0.2, 0.25) is 5.91 Å². The van der Waals surface area contributed by atoms with Crippen molar-refractivity contribution < 1.29 is 9.18 Å². The predicted molar refractivity (Wildman–Crippen MR) is 97.9 cm³/mol. The van der Waals surface area contributed by atoms with Crippen molar-refractivity contribution >= 4 is 28.6 Å². The van der Waals surface area contributed by atoms with Gasteiger partial charge in [0.05, 0.1) is 11.3 Å². The number of carbonyl (C=O) groups is 1. The number of fused-ring (bicyclic) bond motifs is 1. The molecule has 1 aromatic heterocycles. The van der Waals surface area contributed by atoms with Crippen molar-refractivity contribution in [1.82, 2.24) is 14.9 Å². The molecule has 0 aliphatic heterocycles. The van der Waals surface area contributed by atoms with Crippen LogP contribution in [0.1, 0.15) is 11.4 Å². The van der Waals surface area contributed by atoms with Gasteiger partial charge in [-0.3, -0.25) is 4.79 Å². The molecule has 0 saturated carbocycles. The maximum Gasteiger partial charge on any atom is 0.233 e. The summed E-state index contributed by atoms with van der Waals surface area (Å²) in [6.45, 7) is 2.29. The molecule has 1 heterocycles. The summed E-state index contributed by atoms with van der Waals surface area (Å²) < 4.78 is 13.0. The molecule has 128 valence electrons. The minimum Gasteiger partial charge on any atom is -0.341 e. The minimum atomic E-state index is -0.278. The smallest absolute Gasteiger partial charge is 0.233 e. The van der Waals surface area contributed by atoms with Crippen molar-refractivity contribution in [3.63, 3.8) is 0 Å². The lowest BCUT2D eigenvalue weighted by Gasteiger charge is -2.17. The van der Waals surface area contributed by atoms with Gasteiger partial charge in [-0.1, -0.05) is 42.1 Å². The molecular weight excluding hydrogens is 337 g/mol. The average molecular weight is 355 g/mol. The second kappa shape index (κ2) is 7.61. The molecule has 3 aromatic rings. The van der Waals surface area contributed by atoms with Gasteiger partial charge < -0.3 is 4.90 Å². The number of nitrogens with zero attached hydrogens (tertiary/aromatic N) is 3. The van der Waals surface area contributed by atoms with Crippen molar-refractivity contribution in [2.24, 2.45) is 0 Å². The molecule has 0 radical (unpaired) electrons. The van der Waals surface area contributed by atoms with Gasteiger partial charge in [0.1, 0.15) is 16.7 Å². The van der Waals surface area contributed by atoms with E-state index in [1.165, 1.54) is 23.9 Å². The summed E-state index contributed by atoms with van der Waals surface area (Å²) >= 11 is 1.41. The zero-order valence-corrected chi connectivity index (χ0v) is 14.9. The number of amides is 1. The third-order valence-electron chi connectivity index (χ3n) is 3.77. The summed E-state index contributed by atoms with van der Waals surface area (Å²) in [7, 11) is 1.75. The first-order chi connectivity index (χ1) is 12.0. The standard InChI is InChI=1S/C19H18FN3OS/c1-13-21-17-6-4-3-5-16(17)19(22-13)25-12-18(24)23(2)11-14-7-9-15(20)10-8-14/h3-10H,11-12H2,1-2H3. The van der Waals surface area contributed by atoms with Crippen molar-refractivity contribution in [3.05, 3.63) is 65.7 Å². The zero-order chi connectivity index (χ0) is 17.8. The number of benzene rings is 2. The van der Waals surface area contributed by atoms with Crippen LogP contribution in [0.25, 0.3) is 10.9 Å². The second-order valence-corrected chi connectivity index (χ2v) is 6.72. The number of aromatic nitrogens is 2. The molecule has 0 N–H and O–H groups in total. The Bertz CT molecular complexity index is 899. The van der Waals surface area contributed by atoms with Crippen LogP contribution in [0.4, 0.5) is 4.39 Å². The van der Waals surface area contributed by atoms with Crippen LogP contribution in [0.15, 0.2) is 53.6 Å². The summed E-state index contributed by atoms with van der Waals surface area (Å²) in [6, 6.07) is 14.0. The molecule has 0 aliphatic rings. The lowest BCUT2D eigenvalue weighted by atomic mass is 10.2. The van der Waals surface area contributed by atoms with E-state index in [-0.39, 0.29) is 17.5 Å². The Labute approximate surface area is 150 Å². The van der Waals surface area contributed by atoms with Crippen LogP contribution in [0, 0.1) is 12.7 Å². The number of halogens is 1. The highest BCUT2D eigenvalue weighted by Crippen LogP contribution is 2.25. The minimum absolute atomic E-state index is 0.00493. The molecule has 2 aromatic carbocycles. The second-order valence-electron chi connectivity index (χ2n) is 5.76. The molecule has 25 heavy (non-hydrogen) atoms. The molecule has 0 atom stereocenters. The number of carbonyl (C=O) groups excluding carboxylic acids is 1. The Morgan fingerprint density at radius 1 is 1.12 bits per heavy atom. The third-order valence-corrected chi connectivity index (χ3v) is 4.75. The number of aryl methyl sites for hydroxylation is 1. The van der Waals surface area contributed by atoms with Gasteiger partial charge in [0, 0.05) is 19.0 Å². The molecule has 0 aliphatic carbocycles. The van der Waals surface area contributed by atoms with Gasteiger partial charge in [0.15, 0.2) is 0 Å². The molecule has 0 unspecified atom stereocenters. The molecular formula is C19H18FN3OS. The van der Waals surface area contributed by atoms with Gasteiger partial charge in [-0.2, -0.15) is 0 Å². The highest BCUT2D eigenvalue weighted by atomic mass is 32.2. The van der Waals surface area contributed by atoms with Gasteiger partial charge in [-0.25, -0.2) is 14.4 Å². The van der Waals surface area contributed by atoms with Crippen LogP contribution in [-0.4, -0.2) is 33.6 Å². The van der Waals surface area contributed by atoms with Crippen LogP contribution in [0.2, 0.25) is 0 Å². The number of para-hydroxylation sites is 1. The van der Waals surface area contributed by atoms with E-state index in [4.69, 9.17) is 0 Å². The molecule has 0 saturated heterocycles. The van der Waals surface area contributed by atoms with Crippen molar-refractivity contribution in [1.29, 1.82) is 0 Å². The maximum absolute atomic E-state index is 13.0. The van der Waals surface area contributed by atoms with E-state index in [0.717, 1.165) is 21.5 Å². The van der Waals surface area contributed by atoms with Gasteiger partial charge in [0.25, 0.3) is 0 Å². The van der Waals surface area contributed by atoms with E-state index in [9.17, 15) is 9.18 Å². The fourth-order valence-corrected chi connectivity index (χ4v) is 3.47. The van der Waals surface area contributed by atoms with Gasteiger partial charge >= 0.3 is 0 Å². The summed E-state index contributed by atoms with van der Waals surface area (Å²) in [4.78, 5) is 22.9. The van der Waals surface area contributed by atoms with E-state index in [1.54, 1.807) is 24.1 Å². The molecule has 3 rings (SSSR count). The highest BCUT2D eigenvalue weighted by molar-refractivity contribution is 8.00. The molecule has 4 nitrogen and oxygen atoms in total. The quantitative estimate of drug-likeness (QED) is 0.515. The number of rotatable bonds is 5. The van der Waals surface area contributed by atoms with Crippen molar-refractivity contribution in [2.75, 3.05) is 12.8 Å². The molecule has 0 spiro atoms. The van der Waals surface area contributed by atoms with E-state index in [0.29, 0.717) is 12.4 Å². The molecule has 6 heteroatoms. The number of hydrogen-bond donors (Lipinski definition) is 0. The zero-order valence-electron chi connectivity index (χ0n) is 14.1. The van der Waals surface area contributed by atoms with E-state index in [2.05, 4.69) is 9.97 Å². The first-order valence-corrected chi connectivity index (χ1v) is 8.86. The van der Waals surface area contributed by atoms with E-state index >= 15 is 0 Å². The fraction of sp³-hybridized carbons (Fsp3) is 0.211. The third kappa shape index (κ3) is 4.33. The van der Waals surface area contributed by atoms with Crippen LogP contribution in [0.5, 0.6) is 0 Å². The summed E-state index contributed by atoms with van der Waals surface area (Å²) in [5.41, 5.74) is 1.77. The molecule has 1 amide bonds. The first-order valence-electron chi connectivity index (χ1n) is 7.87. The average Bonchev–Trinajstić information content (AvgIpc) is 2.61. The highest BCUT2D eigenvalue weighted by Gasteiger charge is 2.13. The monoisotopic (exact) mass is 355 g/mol. The largest absolute Gasteiger partial charge is 0.341 e. The Morgan fingerprint density at radius 2 is 1.84 bits per heavy atom. The number of hydrogen-bond acceptors (Lipinski definition) is 4. The van der Waals surface area contributed by atoms with Crippen LogP contribution in [-0.2, 0) is 11.3 Å². The van der Waals surface area contributed by atoms with E-state index < -0.39 is 0 Å². The summed E-state index contributed by atoms with van der Waals surface area (Å²) in [6.07, 6.45) is 0. The van der Waals surface area contributed by atoms with Gasteiger partial charge in [-0.15, -0.1) is 0 Å². The lowest BCUT2D eigenvalue weighted by molar-refractivity contribution is -0.127. The first kappa shape index (κ1) is 17.4. The SMILES string of the molecule is Cc1nc(SCC(=O)N(C)Cc2ccc(F)cc2)c2ccccc2n1.